The zero-order valence-electron chi connectivity index (χ0n) is 20.7. The first-order chi connectivity index (χ1) is 16.8. The largest absolute Gasteiger partial charge is 0.497 e. The monoisotopic (exact) mass is 477 g/mol. The fourth-order valence-electron chi connectivity index (χ4n) is 3.26. The summed E-state index contributed by atoms with van der Waals surface area (Å²) in [6, 6.07) is 11.1. The number of hydrogen-bond acceptors (Lipinski definition) is 9. The predicted molar refractivity (Wildman–Crippen MR) is 139 cm³/mol. The van der Waals surface area contributed by atoms with Crippen molar-refractivity contribution in [3.8, 4) is 22.9 Å². The van der Waals surface area contributed by atoms with Crippen LogP contribution in [0.15, 0.2) is 55.4 Å². The minimum absolute atomic E-state index is 0.315. The van der Waals surface area contributed by atoms with Crippen molar-refractivity contribution < 1.29 is 14.3 Å². The average molecular weight is 478 g/mol. The van der Waals surface area contributed by atoms with Gasteiger partial charge in [-0.25, -0.2) is 9.97 Å². The van der Waals surface area contributed by atoms with E-state index >= 15 is 0 Å². The van der Waals surface area contributed by atoms with Crippen LogP contribution < -0.4 is 25.0 Å². The molecule has 0 fully saturated rings. The standard InChI is InChI=1S/C25H31N7O3/c1-7-23(33)28-19-14-20(22(35-6)15-21(19)32(4)13-12-31(2)3)29-25-27-16-26-24(30-25)17-8-10-18(34-5)11-9-17/h7-11,14-16H,1,12-13H2,2-6H3,(H,28,33)(H,26,27,29,30). The number of aromatic nitrogens is 3. The zero-order chi connectivity index (χ0) is 25.4. The van der Waals surface area contributed by atoms with E-state index in [9.17, 15) is 4.79 Å². The van der Waals surface area contributed by atoms with Crippen molar-refractivity contribution in [1.82, 2.24) is 19.9 Å². The first-order valence-corrected chi connectivity index (χ1v) is 11.0. The fourth-order valence-corrected chi connectivity index (χ4v) is 3.26. The van der Waals surface area contributed by atoms with E-state index in [0.29, 0.717) is 28.9 Å². The van der Waals surface area contributed by atoms with Gasteiger partial charge >= 0.3 is 0 Å². The van der Waals surface area contributed by atoms with Gasteiger partial charge in [-0.15, -0.1) is 0 Å². The van der Waals surface area contributed by atoms with Crippen LogP contribution in [0.25, 0.3) is 11.4 Å². The third kappa shape index (κ3) is 6.67. The van der Waals surface area contributed by atoms with Gasteiger partial charge in [0.1, 0.15) is 17.8 Å². The molecule has 0 radical (unpaired) electrons. The number of rotatable bonds is 11. The maximum atomic E-state index is 12.1. The summed E-state index contributed by atoms with van der Waals surface area (Å²) < 4.78 is 10.9. The number of anilines is 4. The lowest BCUT2D eigenvalue weighted by Crippen LogP contribution is -2.29. The minimum Gasteiger partial charge on any atom is -0.497 e. The molecule has 0 unspecified atom stereocenters. The first kappa shape index (κ1) is 25.4. The molecule has 2 aromatic carbocycles. The second-order valence-electron chi connectivity index (χ2n) is 7.97. The summed E-state index contributed by atoms with van der Waals surface area (Å²) >= 11 is 0. The molecule has 1 amide bonds. The van der Waals surface area contributed by atoms with Crippen molar-refractivity contribution >= 4 is 28.9 Å². The summed E-state index contributed by atoms with van der Waals surface area (Å²) in [4.78, 5) is 29.3. The molecule has 0 aliphatic rings. The number of benzene rings is 2. The van der Waals surface area contributed by atoms with E-state index in [1.165, 1.54) is 12.4 Å². The first-order valence-electron chi connectivity index (χ1n) is 11.0. The molecule has 0 saturated carbocycles. The molecule has 1 aromatic heterocycles. The second-order valence-corrected chi connectivity index (χ2v) is 7.97. The van der Waals surface area contributed by atoms with Gasteiger partial charge in [-0.2, -0.15) is 4.98 Å². The highest BCUT2D eigenvalue weighted by molar-refractivity contribution is 6.02. The lowest BCUT2D eigenvalue weighted by Gasteiger charge is -2.25. The van der Waals surface area contributed by atoms with E-state index < -0.39 is 0 Å². The van der Waals surface area contributed by atoms with Crippen LogP contribution in [0, 0.1) is 0 Å². The van der Waals surface area contributed by atoms with Gasteiger partial charge in [-0.3, -0.25) is 4.79 Å². The Hall–Kier alpha value is -4.18. The van der Waals surface area contributed by atoms with Gasteiger partial charge in [0.25, 0.3) is 0 Å². The molecule has 3 aromatic rings. The third-order valence-electron chi connectivity index (χ3n) is 5.22. The van der Waals surface area contributed by atoms with Crippen molar-refractivity contribution in [2.75, 3.05) is 64.0 Å². The van der Waals surface area contributed by atoms with E-state index in [0.717, 1.165) is 30.1 Å². The molecule has 0 atom stereocenters. The molecule has 0 bridgehead atoms. The molecule has 0 saturated heterocycles. The number of ether oxygens (including phenoxy) is 2. The van der Waals surface area contributed by atoms with Gasteiger partial charge in [-0.05, 0) is 50.5 Å². The quantitative estimate of drug-likeness (QED) is 0.402. The molecule has 35 heavy (non-hydrogen) atoms. The molecule has 10 nitrogen and oxygen atoms in total. The van der Waals surface area contributed by atoms with Crippen molar-refractivity contribution in [3.05, 3.63) is 55.4 Å². The molecule has 10 heteroatoms. The molecule has 0 aliphatic carbocycles. The molecule has 184 valence electrons. The van der Waals surface area contributed by atoms with Crippen LogP contribution in [0.4, 0.5) is 23.0 Å². The summed E-state index contributed by atoms with van der Waals surface area (Å²) in [6.45, 7) is 5.15. The third-order valence-corrected chi connectivity index (χ3v) is 5.22. The predicted octanol–water partition coefficient (Wildman–Crippen LogP) is 3.42. The Labute approximate surface area is 205 Å². The molecular weight excluding hydrogens is 446 g/mol. The highest BCUT2D eigenvalue weighted by Crippen LogP contribution is 2.38. The number of nitrogens with zero attached hydrogens (tertiary/aromatic N) is 5. The topological polar surface area (TPSA) is 105 Å². The Morgan fingerprint density at radius 3 is 2.40 bits per heavy atom. The number of nitrogens with one attached hydrogen (secondary N) is 2. The highest BCUT2D eigenvalue weighted by atomic mass is 16.5. The molecule has 3 rings (SSSR count). The fraction of sp³-hybridized carbons (Fsp3) is 0.280. The Balaban J connectivity index is 1.95. The maximum absolute atomic E-state index is 12.1. The number of hydrogen-bond donors (Lipinski definition) is 2. The summed E-state index contributed by atoms with van der Waals surface area (Å²) in [5.41, 5.74) is 2.81. The average Bonchev–Trinajstić information content (AvgIpc) is 2.87. The van der Waals surface area contributed by atoms with Gasteiger partial charge in [0.2, 0.25) is 11.9 Å². The Bertz CT molecular complexity index is 1170. The van der Waals surface area contributed by atoms with Gasteiger partial charge in [-0.1, -0.05) is 6.58 Å². The van der Waals surface area contributed by atoms with Crippen molar-refractivity contribution in [2.45, 2.75) is 0 Å². The van der Waals surface area contributed by atoms with Crippen LogP contribution in [0.2, 0.25) is 0 Å². The summed E-state index contributed by atoms with van der Waals surface area (Å²) in [7, 11) is 9.18. The smallest absolute Gasteiger partial charge is 0.247 e. The van der Waals surface area contributed by atoms with Crippen molar-refractivity contribution in [3.63, 3.8) is 0 Å². The number of likely N-dealkylation sites (N-methyl/N-ethyl adjacent to an activating group) is 2. The molecule has 0 aliphatic heterocycles. The van der Waals surface area contributed by atoms with Gasteiger partial charge in [0.05, 0.1) is 31.3 Å². The molecular formula is C25H31N7O3. The van der Waals surface area contributed by atoms with Gasteiger partial charge < -0.3 is 29.9 Å². The van der Waals surface area contributed by atoms with E-state index in [2.05, 4.69) is 42.0 Å². The normalized spacial score (nSPS) is 10.6. The van der Waals surface area contributed by atoms with Crippen LogP contribution in [0.1, 0.15) is 0 Å². The van der Waals surface area contributed by atoms with E-state index in [4.69, 9.17) is 9.47 Å². The summed E-state index contributed by atoms with van der Waals surface area (Å²) in [5, 5.41) is 6.07. The van der Waals surface area contributed by atoms with E-state index in [1.807, 2.05) is 51.5 Å². The van der Waals surface area contributed by atoms with Crippen molar-refractivity contribution in [2.24, 2.45) is 0 Å². The number of methoxy groups -OCH3 is 2. The SMILES string of the molecule is C=CC(=O)Nc1cc(Nc2ncnc(-c3ccc(OC)cc3)n2)c(OC)cc1N(C)CCN(C)C. The Kier molecular flexibility index (Phi) is 8.58. The summed E-state index contributed by atoms with van der Waals surface area (Å²) in [5.74, 6) is 1.84. The highest BCUT2D eigenvalue weighted by Gasteiger charge is 2.17. The van der Waals surface area contributed by atoms with E-state index in [1.54, 1.807) is 20.3 Å². The molecule has 2 N–H and O–H groups in total. The molecule has 1 heterocycles. The zero-order valence-corrected chi connectivity index (χ0v) is 20.7. The second kappa shape index (κ2) is 11.8. The number of carbonyl (C=O) groups is 1. The Morgan fingerprint density at radius 1 is 1.03 bits per heavy atom. The summed E-state index contributed by atoms with van der Waals surface area (Å²) in [6.07, 6.45) is 2.67. The lowest BCUT2D eigenvalue weighted by molar-refractivity contribution is -0.111. The van der Waals surface area contributed by atoms with Crippen molar-refractivity contribution in [1.29, 1.82) is 0 Å². The Morgan fingerprint density at radius 2 is 1.77 bits per heavy atom. The van der Waals surface area contributed by atoms with Crippen LogP contribution in [-0.2, 0) is 4.79 Å². The van der Waals surface area contributed by atoms with Gasteiger partial charge in [0, 0.05) is 31.8 Å². The molecule has 0 spiro atoms. The van der Waals surface area contributed by atoms with Crippen LogP contribution in [-0.4, -0.2) is 74.2 Å². The van der Waals surface area contributed by atoms with Crippen LogP contribution in [0.3, 0.4) is 0 Å². The van der Waals surface area contributed by atoms with Crippen LogP contribution >= 0.6 is 0 Å². The van der Waals surface area contributed by atoms with Crippen LogP contribution in [0.5, 0.6) is 11.5 Å². The maximum Gasteiger partial charge on any atom is 0.247 e. The lowest BCUT2D eigenvalue weighted by atomic mass is 10.2. The number of amides is 1. The van der Waals surface area contributed by atoms with E-state index in [-0.39, 0.29) is 5.91 Å². The van der Waals surface area contributed by atoms with Gasteiger partial charge in [0.15, 0.2) is 5.82 Å². The minimum atomic E-state index is -0.315. The number of carbonyl (C=O) groups excluding carboxylic acids is 1.